The van der Waals surface area contributed by atoms with Crippen molar-refractivity contribution in [3.05, 3.63) is 61.4 Å². The van der Waals surface area contributed by atoms with E-state index in [-0.39, 0.29) is 40.6 Å². The molecule has 2 aromatic rings. The molecule has 0 aliphatic rings. The van der Waals surface area contributed by atoms with Crippen LogP contribution in [0.1, 0.15) is 35.3 Å². The Morgan fingerprint density at radius 1 is 1.36 bits per heavy atom. The highest BCUT2D eigenvalue weighted by Crippen LogP contribution is 2.24. The maximum absolute atomic E-state index is 12.6. The average molecular weight is 385 g/mol. The molecular formula is C19H19N3O6. The highest BCUT2D eigenvalue weighted by atomic mass is 16.6. The summed E-state index contributed by atoms with van der Waals surface area (Å²) in [7, 11) is 0. The maximum atomic E-state index is 12.6. The minimum atomic E-state index is -0.654. The SMILES string of the molecule is Cc1c(C(=O)COc2ccc([N+](=O)[O-])cc2)c(O)n(CC(C)C)c(=O)c1C#N. The fraction of sp³-hybridized carbons (Fsp3) is 0.316. The molecule has 0 saturated carbocycles. The van der Waals surface area contributed by atoms with Gasteiger partial charge in [-0.15, -0.1) is 0 Å². The van der Waals surface area contributed by atoms with Crippen LogP contribution in [0.25, 0.3) is 0 Å². The zero-order valence-corrected chi connectivity index (χ0v) is 15.6. The van der Waals surface area contributed by atoms with E-state index in [4.69, 9.17) is 4.74 Å². The number of nitriles is 1. The first-order chi connectivity index (χ1) is 13.2. The quantitative estimate of drug-likeness (QED) is 0.439. The summed E-state index contributed by atoms with van der Waals surface area (Å²) in [6.45, 7) is 4.74. The molecule has 0 radical (unpaired) electrons. The second-order valence-electron chi connectivity index (χ2n) is 6.58. The zero-order chi connectivity index (χ0) is 21.0. The van der Waals surface area contributed by atoms with Gasteiger partial charge in [0.1, 0.15) is 17.4 Å². The van der Waals surface area contributed by atoms with Crippen LogP contribution in [0, 0.1) is 34.3 Å². The van der Waals surface area contributed by atoms with E-state index in [0.717, 1.165) is 4.57 Å². The molecule has 1 N–H and O–H groups in total. The smallest absolute Gasteiger partial charge is 0.271 e. The van der Waals surface area contributed by atoms with Crippen LogP contribution < -0.4 is 10.3 Å². The van der Waals surface area contributed by atoms with Crippen LogP contribution in [0.4, 0.5) is 5.69 Å². The minimum Gasteiger partial charge on any atom is -0.494 e. The second kappa shape index (κ2) is 8.35. The second-order valence-corrected chi connectivity index (χ2v) is 6.58. The Morgan fingerprint density at radius 2 is 1.96 bits per heavy atom. The Morgan fingerprint density at radius 3 is 2.46 bits per heavy atom. The summed E-state index contributed by atoms with van der Waals surface area (Å²) in [4.78, 5) is 35.1. The number of ether oxygens (including phenoxy) is 1. The van der Waals surface area contributed by atoms with Gasteiger partial charge in [0, 0.05) is 18.7 Å². The van der Waals surface area contributed by atoms with E-state index < -0.39 is 28.8 Å². The molecule has 9 heteroatoms. The molecule has 1 aromatic heterocycles. The molecule has 28 heavy (non-hydrogen) atoms. The van der Waals surface area contributed by atoms with Crippen molar-refractivity contribution < 1.29 is 19.6 Å². The summed E-state index contributed by atoms with van der Waals surface area (Å²) in [5, 5.41) is 30.4. The van der Waals surface area contributed by atoms with Gasteiger partial charge in [0.2, 0.25) is 11.7 Å². The molecule has 1 aromatic carbocycles. The lowest BCUT2D eigenvalue weighted by atomic mass is 10.0. The number of nitro groups is 1. The molecule has 0 fully saturated rings. The van der Waals surface area contributed by atoms with Crippen molar-refractivity contribution in [2.75, 3.05) is 6.61 Å². The Balaban J connectivity index is 2.35. The topological polar surface area (TPSA) is 135 Å². The number of carbonyl (C=O) groups is 1. The van der Waals surface area contributed by atoms with Crippen LogP contribution in [-0.4, -0.2) is 27.0 Å². The van der Waals surface area contributed by atoms with Gasteiger partial charge < -0.3 is 9.84 Å². The molecule has 0 atom stereocenters. The summed E-state index contributed by atoms with van der Waals surface area (Å²) < 4.78 is 6.35. The van der Waals surface area contributed by atoms with Crippen molar-refractivity contribution in [1.82, 2.24) is 4.57 Å². The Labute approximate surface area is 160 Å². The minimum absolute atomic E-state index is 0.00263. The van der Waals surface area contributed by atoms with Gasteiger partial charge in [-0.25, -0.2) is 0 Å². The average Bonchev–Trinajstić information content (AvgIpc) is 2.64. The Bertz CT molecular complexity index is 1020. The Kier molecular flexibility index (Phi) is 6.15. The van der Waals surface area contributed by atoms with Gasteiger partial charge >= 0.3 is 0 Å². The van der Waals surface area contributed by atoms with Crippen LogP contribution in [0.3, 0.4) is 0 Å². The largest absolute Gasteiger partial charge is 0.494 e. The third-order valence-electron chi connectivity index (χ3n) is 4.04. The molecule has 0 saturated heterocycles. The summed E-state index contributed by atoms with van der Waals surface area (Å²) in [5.74, 6) is -0.904. The summed E-state index contributed by atoms with van der Waals surface area (Å²) in [6, 6.07) is 6.95. The van der Waals surface area contributed by atoms with Crippen molar-refractivity contribution >= 4 is 11.5 Å². The zero-order valence-electron chi connectivity index (χ0n) is 15.6. The lowest BCUT2D eigenvalue weighted by Crippen LogP contribution is -2.29. The number of rotatable bonds is 7. The van der Waals surface area contributed by atoms with Crippen LogP contribution in [-0.2, 0) is 6.54 Å². The van der Waals surface area contributed by atoms with Crippen molar-refractivity contribution in [2.45, 2.75) is 27.3 Å². The van der Waals surface area contributed by atoms with Gasteiger partial charge in [-0.1, -0.05) is 13.8 Å². The molecule has 0 spiro atoms. The van der Waals surface area contributed by atoms with E-state index in [1.165, 1.54) is 31.2 Å². The molecule has 0 aliphatic carbocycles. The van der Waals surface area contributed by atoms with Crippen LogP contribution in [0.5, 0.6) is 11.6 Å². The van der Waals surface area contributed by atoms with Gasteiger partial charge in [0.25, 0.3) is 11.2 Å². The molecule has 146 valence electrons. The van der Waals surface area contributed by atoms with E-state index in [9.17, 15) is 30.1 Å². The highest BCUT2D eigenvalue weighted by molar-refractivity contribution is 6.01. The number of pyridine rings is 1. The van der Waals surface area contributed by atoms with Crippen molar-refractivity contribution in [1.29, 1.82) is 5.26 Å². The molecule has 2 rings (SSSR count). The third kappa shape index (κ3) is 4.17. The lowest BCUT2D eigenvalue weighted by Gasteiger charge is -2.17. The molecule has 0 bridgehead atoms. The summed E-state index contributed by atoms with van der Waals surface area (Å²) in [6.07, 6.45) is 0. The number of aromatic nitrogens is 1. The molecule has 0 aliphatic heterocycles. The number of carbonyl (C=O) groups excluding carboxylic acids is 1. The van der Waals surface area contributed by atoms with Gasteiger partial charge in [-0.3, -0.25) is 24.3 Å². The number of benzene rings is 1. The van der Waals surface area contributed by atoms with Crippen LogP contribution >= 0.6 is 0 Å². The van der Waals surface area contributed by atoms with E-state index in [2.05, 4.69) is 0 Å². The number of hydrogen-bond donors (Lipinski definition) is 1. The van der Waals surface area contributed by atoms with Crippen LogP contribution in [0.15, 0.2) is 29.1 Å². The highest BCUT2D eigenvalue weighted by Gasteiger charge is 2.24. The number of aromatic hydroxyl groups is 1. The number of nitrogens with zero attached hydrogens (tertiary/aromatic N) is 3. The predicted octanol–water partition coefficient (Wildman–Crippen LogP) is 2.56. The number of ketones is 1. The number of nitro benzene ring substituents is 1. The van der Waals surface area contributed by atoms with Crippen molar-refractivity contribution in [3.8, 4) is 17.7 Å². The maximum Gasteiger partial charge on any atom is 0.271 e. The first-order valence-corrected chi connectivity index (χ1v) is 8.44. The van der Waals surface area contributed by atoms with Gasteiger partial charge in [0.05, 0.1) is 10.5 Å². The molecule has 1 heterocycles. The summed E-state index contributed by atoms with van der Waals surface area (Å²) in [5.41, 5.74) is -1.05. The third-order valence-corrected chi connectivity index (χ3v) is 4.04. The normalized spacial score (nSPS) is 10.5. The van der Waals surface area contributed by atoms with E-state index in [1.54, 1.807) is 6.07 Å². The van der Waals surface area contributed by atoms with Crippen molar-refractivity contribution in [3.63, 3.8) is 0 Å². The molecule has 0 amide bonds. The van der Waals surface area contributed by atoms with E-state index >= 15 is 0 Å². The standard InChI is InChI=1S/C19H19N3O6/c1-11(2)9-21-18(24)15(8-20)12(3)17(19(21)25)16(23)10-28-14-6-4-13(5-7-14)22(26)27/h4-7,11,25H,9-10H2,1-3H3. The molecular weight excluding hydrogens is 366 g/mol. The lowest BCUT2D eigenvalue weighted by molar-refractivity contribution is -0.384. The van der Waals surface area contributed by atoms with E-state index in [1.807, 2.05) is 13.8 Å². The van der Waals surface area contributed by atoms with Crippen LogP contribution in [0.2, 0.25) is 0 Å². The summed E-state index contributed by atoms with van der Waals surface area (Å²) >= 11 is 0. The number of Topliss-reactive ketones (excluding diaryl/α,β-unsaturated/α-hetero) is 1. The fourth-order valence-corrected chi connectivity index (χ4v) is 2.70. The van der Waals surface area contributed by atoms with Crippen molar-refractivity contribution in [2.24, 2.45) is 5.92 Å². The first-order valence-electron chi connectivity index (χ1n) is 8.44. The first kappa shape index (κ1) is 20.6. The fourth-order valence-electron chi connectivity index (χ4n) is 2.70. The molecule has 0 unspecified atom stereocenters. The number of hydrogen-bond acceptors (Lipinski definition) is 7. The van der Waals surface area contributed by atoms with Gasteiger partial charge in [-0.05, 0) is 30.5 Å². The van der Waals surface area contributed by atoms with E-state index in [0.29, 0.717) is 0 Å². The molecule has 9 nitrogen and oxygen atoms in total. The van der Waals surface area contributed by atoms with Gasteiger partial charge in [0.15, 0.2) is 6.61 Å². The monoisotopic (exact) mass is 385 g/mol. The number of non-ortho nitro benzene ring substituents is 1. The Hall–Kier alpha value is -3.67. The van der Waals surface area contributed by atoms with Gasteiger partial charge in [-0.2, -0.15) is 5.26 Å². The predicted molar refractivity (Wildman–Crippen MR) is 99.6 cm³/mol.